The van der Waals surface area contributed by atoms with E-state index in [1.807, 2.05) is 32.9 Å². The largest absolute Gasteiger partial charge is 0.507 e. The first kappa shape index (κ1) is 14.1. The molecule has 1 unspecified atom stereocenters. The summed E-state index contributed by atoms with van der Waals surface area (Å²) < 4.78 is 5.21. The van der Waals surface area contributed by atoms with E-state index in [1.165, 1.54) is 0 Å². The smallest absolute Gasteiger partial charge is 0.227 e. The zero-order valence-corrected chi connectivity index (χ0v) is 11.8. The molecule has 5 heteroatoms. The van der Waals surface area contributed by atoms with Gasteiger partial charge in [-0.25, -0.2) is 0 Å². The molecule has 0 bridgehead atoms. The van der Waals surface area contributed by atoms with Crippen LogP contribution in [0.4, 0.5) is 0 Å². The average molecular weight is 271 g/mol. The van der Waals surface area contributed by atoms with E-state index in [0.29, 0.717) is 30.3 Å². The lowest BCUT2D eigenvalue weighted by Crippen LogP contribution is -1.98. The van der Waals surface area contributed by atoms with E-state index in [-0.39, 0.29) is 5.92 Å². The average Bonchev–Trinajstić information content (AvgIpc) is 2.84. The van der Waals surface area contributed by atoms with E-state index >= 15 is 0 Å². The quantitative estimate of drug-likeness (QED) is 0.923. The minimum absolute atomic E-state index is 0.191. The van der Waals surface area contributed by atoms with Gasteiger partial charge in [0.25, 0.3) is 0 Å². The van der Waals surface area contributed by atoms with Gasteiger partial charge in [-0.15, -0.1) is 0 Å². The molecule has 0 fully saturated rings. The monoisotopic (exact) mass is 271 g/mol. The molecule has 0 aliphatic rings. The molecule has 1 heterocycles. The van der Waals surface area contributed by atoms with Gasteiger partial charge in [-0.1, -0.05) is 12.1 Å². The molecule has 2 aromatic rings. The van der Waals surface area contributed by atoms with Crippen LogP contribution in [-0.2, 0) is 6.42 Å². The fourth-order valence-electron chi connectivity index (χ4n) is 2.07. The Labute approximate surface area is 117 Å². The fourth-order valence-corrected chi connectivity index (χ4v) is 2.07. The number of phenols is 1. The topological polar surface area (TPSA) is 82.9 Å². The van der Waals surface area contributed by atoms with Crippen LogP contribution in [-0.4, -0.2) is 15.2 Å². The number of aryl methyl sites for hydroxylation is 2. The van der Waals surface area contributed by atoms with Crippen molar-refractivity contribution < 1.29 is 9.63 Å². The van der Waals surface area contributed by atoms with Crippen molar-refractivity contribution in [2.24, 2.45) is 5.92 Å². The Bertz CT molecular complexity index is 632. The second-order valence-electron chi connectivity index (χ2n) is 5.14. The maximum absolute atomic E-state index is 9.77. The summed E-state index contributed by atoms with van der Waals surface area (Å²) in [6, 6.07) is 5.79. The van der Waals surface area contributed by atoms with E-state index in [4.69, 9.17) is 9.78 Å². The number of benzene rings is 1. The maximum Gasteiger partial charge on any atom is 0.227 e. The predicted molar refractivity (Wildman–Crippen MR) is 74.0 cm³/mol. The summed E-state index contributed by atoms with van der Waals surface area (Å²) in [7, 11) is 0. The van der Waals surface area contributed by atoms with Gasteiger partial charge in [-0.3, -0.25) is 0 Å². The molecule has 2 rings (SSSR count). The molecule has 1 aromatic heterocycles. The molecular formula is C15H17N3O2. The Morgan fingerprint density at radius 1 is 1.35 bits per heavy atom. The van der Waals surface area contributed by atoms with Gasteiger partial charge < -0.3 is 9.63 Å². The molecule has 0 saturated carbocycles. The van der Waals surface area contributed by atoms with E-state index in [2.05, 4.69) is 16.2 Å². The third kappa shape index (κ3) is 2.97. The van der Waals surface area contributed by atoms with E-state index in [1.54, 1.807) is 0 Å². The lowest BCUT2D eigenvalue weighted by atomic mass is 10.0. The van der Waals surface area contributed by atoms with Crippen molar-refractivity contribution in [1.29, 1.82) is 5.26 Å². The summed E-state index contributed by atoms with van der Waals surface area (Å²) in [5.41, 5.74) is 2.38. The van der Waals surface area contributed by atoms with Crippen molar-refractivity contribution in [3.63, 3.8) is 0 Å². The Hall–Kier alpha value is -2.35. The molecule has 1 atom stereocenters. The van der Waals surface area contributed by atoms with Crippen molar-refractivity contribution >= 4 is 0 Å². The lowest BCUT2D eigenvalue weighted by Gasteiger charge is -2.04. The third-order valence-corrected chi connectivity index (χ3v) is 3.18. The van der Waals surface area contributed by atoms with E-state index in [9.17, 15) is 5.11 Å². The summed E-state index contributed by atoms with van der Waals surface area (Å²) in [6.45, 7) is 5.64. The number of aromatic hydroxyl groups is 1. The highest BCUT2D eigenvalue weighted by molar-refractivity contribution is 5.60. The molecule has 20 heavy (non-hydrogen) atoms. The van der Waals surface area contributed by atoms with Gasteiger partial charge in [0.05, 0.1) is 6.07 Å². The van der Waals surface area contributed by atoms with Crippen molar-refractivity contribution in [1.82, 2.24) is 10.1 Å². The minimum Gasteiger partial charge on any atom is -0.507 e. The standard InChI is InChI=1S/C15H17N3O2/c1-9(4-5-16)6-13-17-15(18-20-13)12-7-10(2)14(19)11(3)8-12/h7-9,19H,4,6H2,1-3H3. The van der Waals surface area contributed by atoms with Crippen LogP contribution in [0.1, 0.15) is 30.4 Å². The van der Waals surface area contributed by atoms with Crippen LogP contribution in [0.2, 0.25) is 0 Å². The van der Waals surface area contributed by atoms with Gasteiger partial charge in [0.15, 0.2) is 0 Å². The minimum atomic E-state index is 0.191. The summed E-state index contributed by atoms with van der Waals surface area (Å²) in [6.07, 6.45) is 1.06. The Kier molecular flexibility index (Phi) is 4.04. The van der Waals surface area contributed by atoms with Crippen molar-refractivity contribution in [3.05, 3.63) is 29.2 Å². The van der Waals surface area contributed by atoms with Crippen molar-refractivity contribution in [2.45, 2.75) is 33.6 Å². The van der Waals surface area contributed by atoms with Crippen molar-refractivity contribution in [2.75, 3.05) is 0 Å². The normalized spacial score (nSPS) is 12.1. The maximum atomic E-state index is 9.77. The van der Waals surface area contributed by atoms with Gasteiger partial charge in [0, 0.05) is 18.4 Å². The lowest BCUT2D eigenvalue weighted by molar-refractivity contribution is 0.359. The molecule has 104 valence electrons. The SMILES string of the molecule is Cc1cc(-c2noc(CC(C)CC#N)n2)cc(C)c1O. The van der Waals surface area contributed by atoms with Crippen LogP contribution < -0.4 is 0 Å². The van der Waals surface area contributed by atoms with Gasteiger partial charge in [0.1, 0.15) is 5.75 Å². The third-order valence-electron chi connectivity index (χ3n) is 3.18. The van der Waals surface area contributed by atoms with E-state index < -0.39 is 0 Å². The highest BCUT2D eigenvalue weighted by Crippen LogP contribution is 2.27. The Balaban J connectivity index is 2.23. The van der Waals surface area contributed by atoms with Crippen LogP contribution in [0.5, 0.6) is 5.75 Å². The number of nitriles is 1. The summed E-state index contributed by atoms with van der Waals surface area (Å²) in [5, 5.41) is 22.4. The summed E-state index contributed by atoms with van der Waals surface area (Å²) in [4.78, 5) is 4.35. The van der Waals surface area contributed by atoms with Gasteiger partial charge in [-0.05, 0) is 43.0 Å². The number of aromatic nitrogens is 2. The molecule has 5 nitrogen and oxygen atoms in total. The molecule has 0 radical (unpaired) electrons. The molecule has 0 spiro atoms. The van der Waals surface area contributed by atoms with E-state index in [0.717, 1.165) is 16.7 Å². The number of nitrogens with zero attached hydrogens (tertiary/aromatic N) is 3. The molecule has 0 saturated heterocycles. The second kappa shape index (κ2) is 5.74. The van der Waals surface area contributed by atoms with Crippen LogP contribution in [0.25, 0.3) is 11.4 Å². The van der Waals surface area contributed by atoms with Crippen LogP contribution in [0.15, 0.2) is 16.7 Å². The first-order valence-corrected chi connectivity index (χ1v) is 6.51. The molecule has 1 N–H and O–H groups in total. The molecule has 0 aliphatic carbocycles. The van der Waals surface area contributed by atoms with Crippen molar-refractivity contribution in [3.8, 4) is 23.2 Å². The predicted octanol–water partition coefficient (Wildman–Crippen LogP) is 3.15. The number of rotatable bonds is 4. The van der Waals surface area contributed by atoms with Gasteiger partial charge in [0.2, 0.25) is 11.7 Å². The number of hydrogen-bond donors (Lipinski definition) is 1. The summed E-state index contributed by atoms with van der Waals surface area (Å²) >= 11 is 0. The first-order chi connectivity index (χ1) is 9.51. The number of phenolic OH excluding ortho intramolecular Hbond substituents is 1. The number of hydrogen-bond acceptors (Lipinski definition) is 5. The van der Waals surface area contributed by atoms with Crippen LogP contribution in [0.3, 0.4) is 0 Å². The molecule has 0 aliphatic heterocycles. The highest BCUT2D eigenvalue weighted by atomic mass is 16.5. The van der Waals surface area contributed by atoms with Gasteiger partial charge >= 0.3 is 0 Å². The molecule has 1 aromatic carbocycles. The van der Waals surface area contributed by atoms with Gasteiger partial charge in [-0.2, -0.15) is 10.2 Å². The van der Waals surface area contributed by atoms with Crippen LogP contribution >= 0.6 is 0 Å². The zero-order valence-electron chi connectivity index (χ0n) is 11.8. The second-order valence-corrected chi connectivity index (χ2v) is 5.14. The van der Waals surface area contributed by atoms with Crippen LogP contribution in [0, 0.1) is 31.1 Å². The fraction of sp³-hybridized carbons (Fsp3) is 0.400. The molecule has 0 amide bonds. The Morgan fingerprint density at radius 3 is 2.60 bits per heavy atom. The summed E-state index contributed by atoms with van der Waals surface area (Å²) in [5.74, 6) is 1.53. The zero-order chi connectivity index (χ0) is 14.7. The molecular weight excluding hydrogens is 254 g/mol. The first-order valence-electron chi connectivity index (χ1n) is 6.51. The highest BCUT2D eigenvalue weighted by Gasteiger charge is 2.13. The Morgan fingerprint density at radius 2 is 2.00 bits per heavy atom.